The van der Waals surface area contributed by atoms with E-state index in [2.05, 4.69) is 6.92 Å². The van der Waals surface area contributed by atoms with Crippen LogP contribution in [0.25, 0.3) is 0 Å². The smallest absolute Gasteiger partial charge is 0.409 e. The monoisotopic (exact) mass is 201 g/mol. The van der Waals surface area contributed by atoms with E-state index in [4.69, 9.17) is 9.47 Å². The van der Waals surface area contributed by atoms with Crippen LogP contribution in [-0.4, -0.2) is 44.4 Å². The first-order valence-corrected chi connectivity index (χ1v) is 5.14. The van der Waals surface area contributed by atoms with Crippen LogP contribution in [0.2, 0.25) is 0 Å². The molecule has 14 heavy (non-hydrogen) atoms. The zero-order valence-corrected chi connectivity index (χ0v) is 8.99. The third kappa shape index (κ3) is 3.54. The summed E-state index contributed by atoms with van der Waals surface area (Å²) in [5.41, 5.74) is 0. The van der Waals surface area contributed by atoms with Crippen LogP contribution in [0.15, 0.2) is 0 Å². The number of carbonyl (C=O) groups excluding carboxylic acids is 1. The van der Waals surface area contributed by atoms with Gasteiger partial charge in [-0.1, -0.05) is 6.92 Å². The molecule has 0 aromatic heterocycles. The Balaban J connectivity index is 2.22. The Bertz CT molecular complexity index is 184. The predicted molar refractivity (Wildman–Crippen MR) is 53.2 cm³/mol. The third-order valence-corrected chi connectivity index (χ3v) is 2.43. The number of likely N-dealkylation sites (tertiary alicyclic amines) is 1. The van der Waals surface area contributed by atoms with Crippen molar-refractivity contribution < 1.29 is 14.3 Å². The number of rotatable bonds is 3. The van der Waals surface area contributed by atoms with Crippen LogP contribution in [0.1, 0.15) is 19.8 Å². The lowest BCUT2D eigenvalue weighted by molar-refractivity contribution is 0.0619. The van der Waals surface area contributed by atoms with Crippen molar-refractivity contribution in [1.82, 2.24) is 4.90 Å². The van der Waals surface area contributed by atoms with Gasteiger partial charge in [0.05, 0.1) is 6.61 Å². The maximum Gasteiger partial charge on any atom is 0.409 e. The molecule has 0 aromatic rings. The Hall–Kier alpha value is -0.770. The Morgan fingerprint density at radius 1 is 1.50 bits per heavy atom. The van der Waals surface area contributed by atoms with Gasteiger partial charge in [0, 0.05) is 20.2 Å². The molecule has 0 saturated carbocycles. The van der Waals surface area contributed by atoms with Gasteiger partial charge in [0.2, 0.25) is 0 Å². The van der Waals surface area contributed by atoms with Gasteiger partial charge in [-0.05, 0) is 18.8 Å². The minimum absolute atomic E-state index is 0.200. The number of piperidine rings is 1. The maximum absolute atomic E-state index is 11.5. The SMILES string of the molecule is COCCOC(=O)N1CCCC(C)C1. The highest BCUT2D eigenvalue weighted by molar-refractivity contribution is 5.67. The van der Waals surface area contributed by atoms with Crippen LogP contribution in [0.3, 0.4) is 0 Å². The zero-order chi connectivity index (χ0) is 10.4. The molecule has 1 heterocycles. The van der Waals surface area contributed by atoms with E-state index in [0.29, 0.717) is 19.1 Å². The van der Waals surface area contributed by atoms with E-state index < -0.39 is 0 Å². The molecule has 82 valence electrons. The van der Waals surface area contributed by atoms with Crippen molar-refractivity contribution in [2.75, 3.05) is 33.4 Å². The second-order valence-electron chi connectivity index (χ2n) is 3.80. The summed E-state index contributed by atoms with van der Waals surface area (Å²) in [7, 11) is 1.59. The summed E-state index contributed by atoms with van der Waals surface area (Å²) in [5, 5.41) is 0. The zero-order valence-electron chi connectivity index (χ0n) is 8.99. The van der Waals surface area contributed by atoms with Crippen molar-refractivity contribution in [2.24, 2.45) is 5.92 Å². The number of carbonyl (C=O) groups is 1. The van der Waals surface area contributed by atoms with Gasteiger partial charge in [-0.25, -0.2) is 4.79 Å². The summed E-state index contributed by atoms with van der Waals surface area (Å²) in [6, 6.07) is 0. The third-order valence-electron chi connectivity index (χ3n) is 2.43. The second kappa shape index (κ2) is 5.86. The molecule has 4 nitrogen and oxygen atoms in total. The van der Waals surface area contributed by atoms with Crippen LogP contribution in [0.4, 0.5) is 4.79 Å². The average molecular weight is 201 g/mol. The molecule has 4 heteroatoms. The summed E-state index contributed by atoms with van der Waals surface area (Å²) >= 11 is 0. The highest BCUT2D eigenvalue weighted by Gasteiger charge is 2.21. The molecule has 1 aliphatic rings. The normalized spacial score (nSPS) is 22.1. The Labute approximate surface area is 85.2 Å². The van der Waals surface area contributed by atoms with Gasteiger partial charge in [-0.3, -0.25) is 0 Å². The molecular formula is C10H19NO3. The van der Waals surface area contributed by atoms with Gasteiger partial charge in [-0.2, -0.15) is 0 Å². The summed E-state index contributed by atoms with van der Waals surface area (Å²) in [6.07, 6.45) is 2.09. The van der Waals surface area contributed by atoms with Crippen molar-refractivity contribution in [3.8, 4) is 0 Å². The molecule has 0 aliphatic carbocycles. The minimum Gasteiger partial charge on any atom is -0.447 e. The van der Waals surface area contributed by atoms with Crippen molar-refractivity contribution in [2.45, 2.75) is 19.8 Å². The van der Waals surface area contributed by atoms with E-state index in [9.17, 15) is 4.79 Å². The van der Waals surface area contributed by atoms with Gasteiger partial charge < -0.3 is 14.4 Å². The van der Waals surface area contributed by atoms with Crippen LogP contribution in [0.5, 0.6) is 0 Å². The van der Waals surface area contributed by atoms with Crippen LogP contribution in [-0.2, 0) is 9.47 Å². The summed E-state index contributed by atoms with van der Waals surface area (Å²) in [5.74, 6) is 0.596. The highest BCUT2D eigenvalue weighted by Crippen LogP contribution is 2.15. The molecule has 1 unspecified atom stereocenters. The molecule has 1 rings (SSSR count). The van der Waals surface area contributed by atoms with Gasteiger partial charge in [0.15, 0.2) is 0 Å². The Morgan fingerprint density at radius 2 is 2.29 bits per heavy atom. The minimum atomic E-state index is -0.200. The fourth-order valence-corrected chi connectivity index (χ4v) is 1.66. The van der Waals surface area contributed by atoms with E-state index >= 15 is 0 Å². The van der Waals surface area contributed by atoms with E-state index in [1.807, 2.05) is 0 Å². The first-order chi connectivity index (χ1) is 6.74. The molecule has 0 radical (unpaired) electrons. The summed E-state index contributed by atoms with van der Waals surface area (Å²) in [4.78, 5) is 13.2. The van der Waals surface area contributed by atoms with Crippen molar-refractivity contribution in [3.63, 3.8) is 0 Å². The lowest BCUT2D eigenvalue weighted by atomic mass is 10.0. The maximum atomic E-state index is 11.5. The fourth-order valence-electron chi connectivity index (χ4n) is 1.66. The molecule has 0 N–H and O–H groups in total. The number of methoxy groups -OCH3 is 1. The van der Waals surface area contributed by atoms with E-state index in [1.165, 1.54) is 6.42 Å². The molecular weight excluding hydrogens is 182 g/mol. The van der Waals surface area contributed by atoms with Crippen molar-refractivity contribution >= 4 is 6.09 Å². The van der Waals surface area contributed by atoms with Gasteiger partial charge >= 0.3 is 6.09 Å². The molecule has 0 bridgehead atoms. The molecule has 0 spiro atoms. The van der Waals surface area contributed by atoms with E-state index in [1.54, 1.807) is 12.0 Å². The van der Waals surface area contributed by atoms with Crippen molar-refractivity contribution in [1.29, 1.82) is 0 Å². The highest BCUT2D eigenvalue weighted by atomic mass is 16.6. The molecule has 1 amide bonds. The number of amides is 1. The lowest BCUT2D eigenvalue weighted by Gasteiger charge is -2.29. The lowest BCUT2D eigenvalue weighted by Crippen LogP contribution is -2.39. The van der Waals surface area contributed by atoms with Gasteiger partial charge in [-0.15, -0.1) is 0 Å². The molecule has 1 aliphatic heterocycles. The molecule has 0 aromatic carbocycles. The first-order valence-electron chi connectivity index (χ1n) is 5.14. The quantitative estimate of drug-likeness (QED) is 0.649. The molecule has 1 fully saturated rings. The molecule has 1 saturated heterocycles. The van der Waals surface area contributed by atoms with Crippen molar-refractivity contribution in [3.05, 3.63) is 0 Å². The van der Waals surface area contributed by atoms with E-state index in [-0.39, 0.29) is 6.09 Å². The number of hydrogen-bond acceptors (Lipinski definition) is 3. The standard InChI is InChI=1S/C10H19NO3/c1-9-4-3-5-11(8-9)10(12)14-7-6-13-2/h9H,3-8H2,1-2H3. The van der Waals surface area contributed by atoms with Gasteiger partial charge in [0.25, 0.3) is 0 Å². The average Bonchev–Trinajstić information content (AvgIpc) is 2.18. The fraction of sp³-hybridized carbons (Fsp3) is 0.900. The summed E-state index contributed by atoms with van der Waals surface area (Å²) in [6.45, 7) is 4.63. The van der Waals surface area contributed by atoms with E-state index in [0.717, 1.165) is 19.5 Å². The van der Waals surface area contributed by atoms with Crippen LogP contribution in [0, 0.1) is 5.92 Å². The largest absolute Gasteiger partial charge is 0.447 e. The predicted octanol–water partition coefficient (Wildman–Crippen LogP) is 1.50. The first kappa shape index (κ1) is 11.3. The number of ether oxygens (including phenoxy) is 2. The topological polar surface area (TPSA) is 38.8 Å². The molecule has 1 atom stereocenters. The Morgan fingerprint density at radius 3 is 2.93 bits per heavy atom. The van der Waals surface area contributed by atoms with Crippen LogP contribution < -0.4 is 0 Å². The second-order valence-corrected chi connectivity index (χ2v) is 3.80. The van der Waals surface area contributed by atoms with Crippen LogP contribution >= 0.6 is 0 Å². The number of nitrogens with zero attached hydrogens (tertiary/aromatic N) is 1. The number of hydrogen-bond donors (Lipinski definition) is 0. The van der Waals surface area contributed by atoms with Gasteiger partial charge in [0.1, 0.15) is 6.61 Å². The Kier molecular flexibility index (Phi) is 4.73. The summed E-state index contributed by atoms with van der Waals surface area (Å²) < 4.78 is 9.84.